The van der Waals surface area contributed by atoms with E-state index in [4.69, 9.17) is 20.5 Å². The van der Waals surface area contributed by atoms with Gasteiger partial charge in [0, 0.05) is 18.0 Å². The molecule has 0 aromatic heterocycles. The van der Waals surface area contributed by atoms with Gasteiger partial charge in [-0.15, -0.1) is 0 Å². The van der Waals surface area contributed by atoms with Crippen LogP contribution in [0, 0.1) is 6.92 Å². The van der Waals surface area contributed by atoms with Gasteiger partial charge < -0.3 is 15.7 Å². The Morgan fingerprint density at radius 3 is 2.41 bits per heavy atom. The first-order valence-corrected chi connectivity index (χ1v) is 6.18. The number of halogens is 3. The van der Waals surface area contributed by atoms with Crippen molar-refractivity contribution in [3.63, 3.8) is 0 Å². The first-order chi connectivity index (χ1) is 10.1. The molecule has 0 aliphatic carbocycles. The number of primary amides is 1. The number of alkyl halides is 3. The van der Waals surface area contributed by atoms with Gasteiger partial charge in [0.25, 0.3) is 0 Å². The number of carboxylic acids is 1. The zero-order valence-electron chi connectivity index (χ0n) is 11.6. The molecule has 1 heterocycles. The molecule has 0 radical (unpaired) electrons. The van der Waals surface area contributed by atoms with Crippen molar-refractivity contribution < 1.29 is 32.7 Å². The largest absolute Gasteiger partial charge is 0.490 e. The Morgan fingerprint density at radius 1 is 1.41 bits per heavy atom. The van der Waals surface area contributed by atoms with E-state index in [-0.39, 0.29) is 5.91 Å². The molecule has 1 amide bonds. The Morgan fingerprint density at radius 2 is 2.00 bits per heavy atom. The Kier molecular flexibility index (Phi) is 5.89. The Labute approximate surface area is 124 Å². The third kappa shape index (κ3) is 4.71. The van der Waals surface area contributed by atoms with Crippen molar-refractivity contribution in [2.24, 2.45) is 5.73 Å². The highest BCUT2D eigenvalue weighted by molar-refractivity contribution is 5.94. The second kappa shape index (κ2) is 7.23. The summed E-state index contributed by atoms with van der Waals surface area (Å²) in [7, 11) is 0. The van der Waals surface area contributed by atoms with Crippen LogP contribution in [0.2, 0.25) is 0 Å². The third-order valence-electron chi connectivity index (χ3n) is 3.04. The molecule has 1 saturated heterocycles. The summed E-state index contributed by atoms with van der Waals surface area (Å²) in [5.41, 5.74) is 10.8. The zero-order chi connectivity index (χ0) is 16.9. The van der Waals surface area contributed by atoms with Gasteiger partial charge in [0.15, 0.2) is 0 Å². The van der Waals surface area contributed by atoms with Crippen molar-refractivity contribution in [1.29, 1.82) is 0 Å². The second-order valence-electron chi connectivity index (χ2n) is 4.54. The van der Waals surface area contributed by atoms with E-state index in [2.05, 4.69) is 5.48 Å². The minimum atomic E-state index is -5.08. The zero-order valence-corrected chi connectivity index (χ0v) is 11.6. The SMILES string of the molecule is Cc1c(C(N)=O)cccc1C1CNOC1.O=C(O)C(F)(F)F. The highest BCUT2D eigenvalue weighted by Crippen LogP contribution is 2.24. The number of aliphatic carboxylic acids is 1. The lowest BCUT2D eigenvalue weighted by Gasteiger charge is -2.12. The van der Waals surface area contributed by atoms with Crippen LogP contribution in [0.25, 0.3) is 0 Å². The van der Waals surface area contributed by atoms with Crippen LogP contribution in [-0.4, -0.2) is 36.3 Å². The normalized spacial score (nSPS) is 17.5. The number of carbonyl (C=O) groups is 2. The fourth-order valence-corrected chi connectivity index (χ4v) is 1.94. The monoisotopic (exact) mass is 320 g/mol. The van der Waals surface area contributed by atoms with E-state index in [1.165, 1.54) is 0 Å². The molecule has 22 heavy (non-hydrogen) atoms. The molecule has 1 unspecified atom stereocenters. The van der Waals surface area contributed by atoms with Gasteiger partial charge in [-0.1, -0.05) is 12.1 Å². The predicted octanol–water partition coefficient (Wildman–Crippen LogP) is 1.35. The smallest absolute Gasteiger partial charge is 0.475 e. The lowest BCUT2D eigenvalue weighted by molar-refractivity contribution is -0.192. The Balaban J connectivity index is 0.000000295. The van der Waals surface area contributed by atoms with Crippen LogP contribution in [0.1, 0.15) is 27.4 Å². The molecule has 0 spiro atoms. The van der Waals surface area contributed by atoms with E-state index >= 15 is 0 Å². The molecule has 1 atom stereocenters. The number of nitrogens with one attached hydrogen (secondary N) is 1. The number of benzene rings is 1. The average Bonchev–Trinajstić information content (AvgIpc) is 2.92. The summed E-state index contributed by atoms with van der Waals surface area (Å²) >= 11 is 0. The van der Waals surface area contributed by atoms with Crippen molar-refractivity contribution in [1.82, 2.24) is 5.48 Å². The summed E-state index contributed by atoms with van der Waals surface area (Å²) in [6.07, 6.45) is -5.08. The molecule has 0 saturated carbocycles. The quantitative estimate of drug-likeness (QED) is 0.763. The van der Waals surface area contributed by atoms with Crippen LogP contribution in [0.5, 0.6) is 0 Å². The number of hydrogen-bond acceptors (Lipinski definition) is 4. The molecule has 0 bridgehead atoms. The molecular formula is C13H15F3N2O4. The lowest BCUT2D eigenvalue weighted by atomic mass is 9.92. The van der Waals surface area contributed by atoms with Gasteiger partial charge in [0.05, 0.1) is 6.61 Å². The molecule has 9 heteroatoms. The van der Waals surface area contributed by atoms with Crippen LogP contribution in [-0.2, 0) is 9.63 Å². The summed E-state index contributed by atoms with van der Waals surface area (Å²) in [5, 5.41) is 7.12. The van der Waals surface area contributed by atoms with Crippen molar-refractivity contribution in [2.75, 3.05) is 13.2 Å². The molecule has 1 fully saturated rings. The Bertz CT molecular complexity index is 555. The van der Waals surface area contributed by atoms with E-state index < -0.39 is 12.1 Å². The number of hydroxylamine groups is 1. The van der Waals surface area contributed by atoms with Crippen LogP contribution in [0.4, 0.5) is 13.2 Å². The number of carbonyl (C=O) groups excluding carboxylic acids is 1. The summed E-state index contributed by atoms with van der Waals surface area (Å²) in [6.45, 7) is 3.35. The summed E-state index contributed by atoms with van der Waals surface area (Å²) in [5.74, 6) is -2.82. The van der Waals surface area contributed by atoms with Crippen LogP contribution < -0.4 is 11.2 Å². The lowest BCUT2D eigenvalue weighted by Crippen LogP contribution is -2.21. The third-order valence-corrected chi connectivity index (χ3v) is 3.04. The van der Waals surface area contributed by atoms with Crippen molar-refractivity contribution in [2.45, 2.75) is 19.0 Å². The first-order valence-electron chi connectivity index (χ1n) is 6.18. The first kappa shape index (κ1) is 17.9. The highest BCUT2D eigenvalue weighted by atomic mass is 19.4. The minimum absolute atomic E-state index is 0.310. The molecule has 2 rings (SSSR count). The average molecular weight is 320 g/mol. The van der Waals surface area contributed by atoms with E-state index in [0.717, 1.165) is 17.7 Å². The maximum atomic E-state index is 11.2. The van der Waals surface area contributed by atoms with Crippen molar-refractivity contribution in [3.8, 4) is 0 Å². The summed E-state index contributed by atoms with van der Waals surface area (Å²) in [6, 6.07) is 5.63. The van der Waals surface area contributed by atoms with Gasteiger partial charge in [-0.3, -0.25) is 4.79 Å². The molecule has 1 aromatic rings. The number of nitrogens with two attached hydrogens (primary N) is 1. The predicted molar refractivity (Wildman–Crippen MR) is 70.1 cm³/mol. The maximum absolute atomic E-state index is 11.2. The topological polar surface area (TPSA) is 102 Å². The van der Waals surface area contributed by atoms with E-state index in [1.54, 1.807) is 6.07 Å². The van der Waals surface area contributed by atoms with Crippen molar-refractivity contribution in [3.05, 3.63) is 34.9 Å². The number of hydrogen-bond donors (Lipinski definition) is 3. The summed E-state index contributed by atoms with van der Waals surface area (Å²) in [4.78, 5) is 25.2. The van der Waals surface area contributed by atoms with Crippen molar-refractivity contribution >= 4 is 11.9 Å². The molecule has 6 nitrogen and oxygen atoms in total. The molecule has 1 aromatic carbocycles. The van der Waals surface area contributed by atoms with E-state index in [0.29, 0.717) is 18.1 Å². The van der Waals surface area contributed by atoms with Gasteiger partial charge in [-0.25, -0.2) is 10.3 Å². The number of rotatable bonds is 2. The molecular weight excluding hydrogens is 305 g/mol. The minimum Gasteiger partial charge on any atom is -0.475 e. The molecule has 4 N–H and O–H groups in total. The van der Waals surface area contributed by atoms with Gasteiger partial charge in [-0.2, -0.15) is 13.2 Å². The second-order valence-corrected chi connectivity index (χ2v) is 4.54. The number of amides is 1. The highest BCUT2D eigenvalue weighted by Gasteiger charge is 2.38. The summed E-state index contributed by atoms with van der Waals surface area (Å²) < 4.78 is 31.7. The number of carboxylic acid groups (broad SMARTS) is 1. The van der Waals surface area contributed by atoms with Gasteiger partial charge in [0.2, 0.25) is 5.91 Å². The van der Waals surface area contributed by atoms with Gasteiger partial charge in [-0.05, 0) is 24.1 Å². The van der Waals surface area contributed by atoms with Crippen LogP contribution in [0.3, 0.4) is 0 Å². The molecule has 122 valence electrons. The fraction of sp³-hybridized carbons (Fsp3) is 0.385. The Hall–Kier alpha value is -2.13. The van der Waals surface area contributed by atoms with E-state index in [9.17, 15) is 18.0 Å². The maximum Gasteiger partial charge on any atom is 0.490 e. The van der Waals surface area contributed by atoms with Crippen LogP contribution >= 0.6 is 0 Å². The van der Waals surface area contributed by atoms with Gasteiger partial charge in [0.1, 0.15) is 0 Å². The molecule has 1 aliphatic heterocycles. The fourth-order valence-electron chi connectivity index (χ4n) is 1.94. The van der Waals surface area contributed by atoms with E-state index in [1.807, 2.05) is 19.1 Å². The van der Waals surface area contributed by atoms with Gasteiger partial charge >= 0.3 is 12.1 Å². The standard InChI is InChI=1S/C11H14N2O2.C2HF3O2/c1-7-9(8-5-13-15-6-8)3-2-4-10(7)11(12)14;3-2(4,5)1(6)7/h2-4,8,13H,5-6H2,1H3,(H2,12,14);(H,6,7). The molecule has 1 aliphatic rings. The van der Waals surface area contributed by atoms with Crippen LogP contribution in [0.15, 0.2) is 18.2 Å².